The second-order valence-corrected chi connectivity index (χ2v) is 4.98. The molecule has 0 atom stereocenters. The number of fused-ring (bicyclic) bond motifs is 1. The summed E-state index contributed by atoms with van der Waals surface area (Å²) in [6.07, 6.45) is 1.66. The summed E-state index contributed by atoms with van der Waals surface area (Å²) in [5.41, 5.74) is 2.12. The average molecular weight is 298 g/mol. The molecule has 0 unspecified atom stereocenters. The molecular formula is C16H15FN4O. The lowest BCUT2D eigenvalue weighted by Gasteiger charge is -2.15. The van der Waals surface area contributed by atoms with Crippen molar-refractivity contribution in [3.8, 4) is 11.3 Å². The largest absolute Gasteiger partial charge is 0.395 e. The summed E-state index contributed by atoms with van der Waals surface area (Å²) in [6, 6.07) is 10.1. The van der Waals surface area contributed by atoms with Crippen molar-refractivity contribution in [2.24, 2.45) is 0 Å². The third kappa shape index (κ3) is 2.87. The normalized spacial score (nSPS) is 10.9. The third-order valence-corrected chi connectivity index (χ3v) is 3.42. The van der Waals surface area contributed by atoms with Gasteiger partial charge >= 0.3 is 0 Å². The smallest absolute Gasteiger partial charge is 0.151 e. The first kappa shape index (κ1) is 14.3. The Hall–Kier alpha value is -2.60. The van der Waals surface area contributed by atoms with Crippen molar-refractivity contribution < 1.29 is 9.50 Å². The van der Waals surface area contributed by atoms with Crippen molar-refractivity contribution in [3.05, 3.63) is 48.4 Å². The number of aliphatic hydroxyl groups is 1. The summed E-state index contributed by atoms with van der Waals surface area (Å²) in [4.78, 5) is 6.07. The zero-order valence-corrected chi connectivity index (χ0v) is 12.1. The predicted molar refractivity (Wildman–Crippen MR) is 83.1 cm³/mol. The van der Waals surface area contributed by atoms with E-state index in [2.05, 4.69) is 15.2 Å². The number of halogens is 1. The highest BCUT2D eigenvalue weighted by molar-refractivity contribution is 5.82. The maximum absolute atomic E-state index is 13.2. The van der Waals surface area contributed by atoms with Gasteiger partial charge < -0.3 is 10.0 Å². The van der Waals surface area contributed by atoms with Crippen molar-refractivity contribution in [2.45, 2.75) is 0 Å². The number of benzene rings is 1. The molecule has 2 aromatic heterocycles. The lowest BCUT2D eigenvalue weighted by molar-refractivity contribution is 0.303. The maximum atomic E-state index is 13.2. The van der Waals surface area contributed by atoms with Gasteiger partial charge in [-0.2, -0.15) is 0 Å². The average Bonchev–Trinajstić information content (AvgIpc) is 2.55. The molecule has 22 heavy (non-hydrogen) atoms. The predicted octanol–water partition coefficient (Wildman–Crippen LogP) is 2.26. The van der Waals surface area contributed by atoms with Crippen LogP contribution in [0, 0.1) is 5.82 Å². The molecule has 0 spiro atoms. The summed E-state index contributed by atoms with van der Waals surface area (Å²) in [5, 5.41) is 18.1. The molecule has 112 valence electrons. The minimum absolute atomic E-state index is 0.0606. The molecule has 3 aromatic rings. The first-order valence-electron chi connectivity index (χ1n) is 6.89. The Bertz CT molecular complexity index is 792. The van der Waals surface area contributed by atoms with E-state index >= 15 is 0 Å². The van der Waals surface area contributed by atoms with Crippen LogP contribution in [0.3, 0.4) is 0 Å². The number of pyridine rings is 1. The molecule has 0 saturated carbocycles. The van der Waals surface area contributed by atoms with E-state index in [0.29, 0.717) is 23.6 Å². The molecule has 1 N–H and O–H groups in total. The Balaban J connectivity index is 1.92. The lowest BCUT2D eigenvalue weighted by atomic mass is 10.1. The standard InChI is InChI=1S/C16H15FN4O/c1-21(6-7-22)16-5-4-14(19-20-16)12-8-11-2-3-13(17)9-15(11)18-10-12/h2-5,8-10,22H,6-7H2,1H3. The summed E-state index contributed by atoms with van der Waals surface area (Å²) >= 11 is 0. The highest BCUT2D eigenvalue weighted by Gasteiger charge is 2.06. The Morgan fingerprint density at radius 1 is 1.14 bits per heavy atom. The molecule has 5 nitrogen and oxygen atoms in total. The number of rotatable bonds is 4. The van der Waals surface area contributed by atoms with E-state index in [1.807, 2.05) is 30.1 Å². The van der Waals surface area contributed by atoms with Gasteiger partial charge in [-0.3, -0.25) is 4.98 Å². The molecule has 0 radical (unpaired) electrons. The van der Waals surface area contributed by atoms with E-state index in [1.165, 1.54) is 12.1 Å². The molecule has 0 bridgehead atoms. The van der Waals surface area contributed by atoms with E-state index in [-0.39, 0.29) is 12.4 Å². The second kappa shape index (κ2) is 6.03. The highest BCUT2D eigenvalue weighted by Crippen LogP contribution is 2.22. The van der Waals surface area contributed by atoms with Gasteiger partial charge in [0.15, 0.2) is 5.82 Å². The first-order chi connectivity index (χ1) is 10.7. The van der Waals surface area contributed by atoms with Gasteiger partial charge in [-0.25, -0.2) is 4.39 Å². The fourth-order valence-corrected chi connectivity index (χ4v) is 2.18. The molecule has 0 aliphatic carbocycles. The fraction of sp³-hybridized carbons (Fsp3) is 0.188. The molecule has 3 rings (SSSR count). The topological polar surface area (TPSA) is 62.1 Å². The monoisotopic (exact) mass is 298 g/mol. The number of aliphatic hydroxyl groups excluding tert-OH is 1. The van der Waals surface area contributed by atoms with E-state index in [9.17, 15) is 4.39 Å². The molecule has 0 aliphatic heterocycles. The minimum atomic E-state index is -0.302. The first-order valence-corrected chi connectivity index (χ1v) is 6.89. The van der Waals surface area contributed by atoms with Crippen LogP contribution in [-0.4, -0.2) is 40.5 Å². The molecule has 0 fully saturated rings. The van der Waals surface area contributed by atoms with Crippen LogP contribution < -0.4 is 4.90 Å². The zero-order valence-electron chi connectivity index (χ0n) is 12.1. The van der Waals surface area contributed by atoms with Gasteiger partial charge in [0.1, 0.15) is 5.82 Å². The van der Waals surface area contributed by atoms with Gasteiger partial charge in [-0.1, -0.05) is 0 Å². The molecule has 6 heteroatoms. The summed E-state index contributed by atoms with van der Waals surface area (Å²) in [6.45, 7) is 0.558. The molecular weight excluding hydrogens is 283 g/mol. The molecule has 1 aromatic carbocycles. The zero-order chi connectivity index (χ0) is 15.5. The number of likely N-dealkylation sites (N-methyl/N-ethyl adjacent to an activating group) is 1. The Kier molecular flexibility index (Phi) is 3.93. The van der Waals surface area contributed by atoms with Crippen LogP contribution in [-0.2, 0) is 0 Å². The Labute approximate surface area is 127 Å². The summed E-state index contributed by atoms with van der Waals surface area (Å²) in [5.74, 6) is 0.387. The maximum Gasteiger partial charge on any atom is 0.151 e. The molecule has 0 saturated heterocycles. The minimum Gasteiger partial charge on any atom is -0.395 e. The lowest BCUT2D eigenvalue weighted by Crippen LogP contribution is -2.22. The number of hydrogen-bond donors (Lipinski definition) is 1. The van der Waals surface area contributed by atoms with E-state index in [0.717, 1.165) is 10.9 Å². The van der Waals surface area contributed by atoms with Crippen LogP contribution in [0.1, 0.15) is 0 Å². The van der Waals surface area contributed by atoms with Crippen molar-refractivity contribution >= 4 is 16.7 Å². The Morgan fingerprint density at radius 2 is 2.00 bits per heavy atom. The van der Waals surface area contributed by atoms with Gasteiger partial charge in [0.2, 0.25) is 0 Å². The quantitative estimate of drug-likeness (QED) is 0.800. The van der Waals surface area contributed by atoms with E-state index < -0.39 is 0 Å². The van der Waals surface area contributed by atoms with Crippen molar-refractivity contribution in [1.82, 2.24) is 15.2 Å². The van der Waals surface area contributed by atoms with Crippen LogP contribution in [0.5, 0.6) is 0 Å². The van der Waals surface area contributed by atoms with Gasteiger partial charge in [0.25, 0.3) is 0 Å². The highest BCUT2D eigenvalue weighted by atomic mass is 19.1. The second-order valence-electron chi connectivity index (χ2n) is 4.98. The fourth-order valence-electron chi connectivity index (χ4n) is 2.18. The van der Waals surface area contributed by atoms with Crippen LogP contribution >= 0.6 is 0 Å². The SMILES string of the molecule is CN(CCO)c1ccc(-c2cnc3cc(F)ccc3c2)nn1. The number of anilines is 1. The van der Waals surface area contributed by atoms with Crippen molar-refractivity contribution in [2.75, 3.05) is 25.1 Å². The van der Waals surface area contributed by atoms with E-state index in [4.69, 9.17) is 5.11 Å². The molecule has 2 heterocycles. The van der Waals surface area contributed by atoms with Crippen LogP contribution in [0.2, 0.25) is 0 Å². The summed E-state index contributed by atoms with van der Waals surface area (Å²) < 4.78 is 13.2. The van der Waals surface area contributed by atoms with Crippen molar-refractivity contribution in [3.63, 3.8) is 0 Å². The van der Waals surface area contributed by atoms with Crippen LogP contribution in [0.25, 0.3) is 22.2 Å². The number of aromatic nitrogens is 3. The van der Waals surface area contributed by atoms with Gasteiger partial charge in [0, 0.05) is 36.8 Å². The van der Waals surface area contributed by atoms with Crippen molar-refractivity contribution in [1.29, 1.82) is 0 Å². The van der Waals surface area contributed by atoms with E-state index in [1.54, 1.807) is 12.3 Å². The Morgan fingerprint density at radius 3 is 2.73 bits per heavy atom. The summed E-state index contributed by atoms with van der Waals surface area (Å²) in [7, 11) is 1.84. The number of nitrogens with zero attached hydrogens (tertiary/aromatic N) is 4. The van der Waals surface area contributed by atoms with Crippen LogP contribution in [0.15, 0.2) is 42.6 Å². The van der Waals surface area contributed by atoms with Gasteiger partial charge in [-0.05, 0) is 30.3 Å². The third-order valence-electron chi connectivity index (χ3n) is 3.42. The van der Waals surface area contributed by atoms with Gasteiger partial charge in [-0.15, -0.1) is 10.2 Å². The van der Waals surface area contributed by atoms with Crippen LogP contribution in [0.4, 0.5) is 10.2 Å². The number of hydrogen-bond acceptors (Lipinski definition) is 5. The molecule has 0 aliphatic rings. The molecule has 0 amide bonds. The van der Waals surface area contributed by atoms with Gasteiger partial charge in [0.05, 0.1) is 17.8 Å².